The van der Waals surface area contributed by atoms with Gasteiger partial charge < -0.3 is 5.32 Å². The molecule has 0 atom stereocenters. The van der Waals surface area contributed by atoms with Crippen molar-refractivity contribution in [3.8, 4) is 5.69 Å². The van der Waals surface area contributed by atoms with Crippen molar-refractivity contribution in [2.45, 2.75) is 19.0 Å². The molecule has 2 aromatic rings. The zero-order valence-electron chi connectivity index (χ0n) is 12.1. The molecule has 0 fully saturated rings. The summed E-state index contributed by atoms with van der Waals surface area (Å²) in [7, 11) is 0. The summed E-state index contributed by atoms with van der Waals surface area (Å²) in [5.41, 5.74) is 1.90. The fourth-order valence-electron chi connectivity index (χ4n) is 2.65. The molecule has 1 aliphatic rings. The van der Waals surface area contributed by atoms with Crippen molar-refractivity contribution in [2.24, 2.45) is 0 Å². The van der Waals surface area contributed by atoms with Crippen LogP contribution in [0.1, 0.15) is 16.8 Å². The van der Waals surface area contributed by atoms with E-state index in [9.17, 15) is 13.2 Å². The van der Waals surface area contributed by atoms with Gasteiger partial charge in [-0.05, 0) is 36.6 Å². The fraction of sp³-hybridized carbons (Fsp3) is 0.400. The minimum absolute atomic E-state index is 0.441. The van der Waals surface area contributed by atoms with Crippen molar-refractivity contribution in [3.05, 3.63) is 41.1 Å². The molecule has 0 saturated carbocycles. The Bertz CT molecular complexity index is 679. The minimum Gasteiger partial charge on any atom is -0.369 e. The number of thioether (sulfide) groups is 1. The highest BCUT2D eigenvalue weighted by molar-refractivity contribution is 7.98. The molecule has 118 valence electrons. The van der Waals surface area contributed by atoms with E-state index in [2.05, 4.69) is 10.4 Å². The van der Waals surface area contributed by atoms with Gasteiger partial charge in [0, 0.05) is 18.5 Å². The van der Waals surface area contributed by atoms with Gasteiger partial charge in [-0.2, -0.15) is 30.0 Å². The highest BCUT2D eigenvalue weighted by atomic mass is 32.2. The first-order valence-electron chi connectivity index (χ1n) is 7.02. The lowest BCUT2D eigenvalue weighted by Gasteiger charge is -2.10. The average molecular weight is 327 g/mol. The van der Waals surface area contributed by atoms with E-state index in [1.165, 1.54) is 6.07 Å². The molecule has 7 heteroatoms. The summed E-state index contributed by atoms with van der Waals surface area (Å²) < 4.78 is 40.2. The number of benzene rings is 1. The predicted octanol–water partition coefficient (Wildman–Crippen LogP) is 3.76. The van der Waals surface area contributed by atoms with Crippen LogP contribution < -0.4 is 5.32 Å². The maximum absolute atomic E-state index is 12.9. The summed E-state index contributed by atoms with van der Waals surface area (Å²) in [6.45, 7) is 0.804. The molecule has 0 spiro atoms. The Morgan fingerprint density at radius 2 is 2.18 bits per heavy atom. The van der Waals surface area contributed by atoms with Crippen LogP contribution in [0.25, 0.3) is 5.69 Å². The second kappa shape index (κ2) is 5.87. The van der Waals surface area contributed by atoms with Gasteiger partial charge in [-0.25, -0.2) is 4.68 Å². The summed E-state index contributed by atoms with van der Waals surface area (Å²) in [4.78, 5) is 0. The summed E-state index contributed by atoms with van der Waals surface area (Å²) in [6.07, 6.45) is -0.612. The summed E-state index contributed by atoms with van der Waals surface area (Å²) in [5.74, 6) is 1.78. The first-order valence-corrected chi connectivity index (χ1v) is 8.41. The van der Waals surface area contributed by atoms with Crippen LogP contribution in [-0.4, -0.2) is 28.3 Å². The number of nitrogens with zero attached hydrogens (tertiary/aromatic N) is 2. The summed E-state index contributed by atoms with van der Waals surface area (Å²) in [6, 6.07) is 5.30. The van der Waals surface area contributed by atoms with Crippen molar-refractivity contribution in [3.63, 3.8) is 0 Å². The lowest BCUT2D eigenvalue weighted by molar-refractivity contribution is -0.137. The first kappa shape index (κ1) is 15.3. The number of aryl methyl sites for hydroxylation is 1. The zero-order valence-corrected chi connectivity index (χ0v) is 12.9. The van der Waals surface area contributed by atoms with Gasteiger partial charge in [-0.1, -0.05) is 6.07 Å². The summed E-state index contributed by atoms with van der Waals surface area (Å²) in [5, 5.41) is 7.77. The number of anilines is 1. The molecule has 1 aliphatic heterocycles. The van der Waals surface area contributed by atoms with Crippen LogP contribution in [0.15, 0.2) is 24.3 Å². The number of aromatic nitrogens is 2. The molecule has 3 nitrogen and oxygen atoms in total. The number of nitrogens with one attached hydrogen (secondary N) is 1. The van der Waals surface area contributed by atoms with E-state index in [4.69, 9.17) is 0 Å². The van der Waals surface area contributed by atoms with Crippen LogP contribution in [0.4, 0.5) is 19.0 Å². The molecule has 1 N–H and O–H groups in total. The molecule has 0 bridgehead atoms. The van der Waals surface area contributed by atoms with Gasteiger partial charge in [0.05, 0.1) is 16.9 Å². The number of hydrogen-bond donors (Lipinski definition) is 1. The normalized spacial score (nSPS) is 14.0. The molecular formula is C15H16F3N3S. The van der Waals surface area contributed by atoms with Gasteiger partial charge in [-0.15, -0.1) is 0 Å². The maximum Gasteiger partial charge on any atom is 0.416 e. The Labute approximate surface area is 130 Å². The van der Waals surface area contributed by atoms with E-state index >= 15 is 0 Å². The van der Waals surface area contributed by atoms with Gasteiger partial charge in [0.15, 0.2) is 0 Å². The number of fused-ring (bicyclic) bond motifs is 1. The quantitative estimate of drug-likeness (QED) is 0.927. The lowest BCUT2D eigenvalue weighted by atomic mass is 10.1. The van der Waals surface area contributed by atoms with Crippen molar-refractivity contribution < 1.29 is 13.2 Å². The van der Waals surface area contributed by atoms with E-state index < -0.39 is 11.7 Å². The van der Waals surface area contributed by atoms with Crippen LogP contribution in [-0.2, 0) is 19.0 Å². The topological polar surface area (TPSA) is 29.9 Å². The minimum atomic E-state index is -4.35. The van der Waals surface area contributed by atoms with Crippen LogP contribution >= 0.6 is 11.8 Å². The van der Waals surface area contributed by atoms with Crippen LogP contribution in [0.3, 0.4) is 0 Å². The number of rotatable bonds is 4. The van der Waals surface area contributed by atoms with Crippen molar-refractivity contribution in [1.29, 1.82) is 0 Å². The smallest absolute Gasteiger partial charge is 0.369 e. The molecular weight excluding hydrogens is 311 g/mol. The number of alkyl halides is 3. The second-order valence-corrected chi connectivity index (χ2v) is 6.14. The third-order valence-corrected chi connectivity index (χ3v) is 4.31. The number of halogens is 3. The standard InChI is InChI=1S/C15H16F3N3S/c1-22-8-6-13-12-5-7-19-14(12)21(20-13)11-4-2-3-10(9-11)15(16,17)18/h2-4,9,19H,5-8H2,1H3. The molecule has 1 aromatic carbocycles. The molecule has 0 aliphatic carbocycles. The molecule has 2 heterocycles. The van der Waals surface area contributed by atoms with E-state index in [0.717, 1.165) is 54.3 Å². The van der Waals surface area contributed by atoms with Gasteiger partial charge in [-0.3, -0.25) is 0 Å². The van der Waals surface area contributed by atoms with E-state index in [0.29, 0.717) is 5.69 Å². The highest BCUT2D eigenvalue weighted by Crippen LogP contribution is 2.33. The van der Waals surface area contributed by atoms with Gasteiger partial charge in [0.2, 0.25) is 0 Å². The lowest BCUT2D eigenvalue weighted by Crippen LogP contribution is -2.08. The third-order valence-electron chi connectivity index (χ3n) is 3.70. The van der Waals surface area contributed by atoms with Crippen molar-refractivity contribution in [1.82, 2.24) is 9.78 Å². The Kier molecular flexibility index (Phi) is 4.08. The Morgan fingerprint density at radius 1 is 1.36 bits per heavy atom. The SMILES string of the molecule is CSCCc1nn(-c2cccc(C(F)(F)F)c2)c2c1CCN2. The predicted molar refractivity (Wildman–Crippen MR) is 82.8 cm³/mol. The third kappa shape index (κ3) is 2.82. The monoisotopic (exact) mass is 327 g/mol. The largest absolute Gasteiger partial charge is 0.416 e. The van der Waals surface area contributed by atoms with Gasteiger partial charge in [0.1, 0.15) is 5.82 Å². The molecule has 1 aromatic heterocycles. The summed E-state index contributed by atoms with van der Waals surface area (Å²) >= 11 is 1.73. The van der Waals surface area contributed by atoms with E-state index in [1.54, 1.807) is 22.5 Å². The molecule has 0 radical (unpaired) electrons. The Hall–Kier alpha value is -1.63. The maximum atomic E-state index is 12.9. The molecule has 22 heavy (non-hydrogen) atoms. The highest BCUT2D eigenvalue weighted by Gasteiger charge is 2.31. The fourth-order valence-corrected chi connectivity index (χ4v) is 3.04. The molecule has 0 unspecified atom stereocenters. The van der Waals surface area contributed by atoms with Crippen molar-refractivity contribution in [2.75, 3.05) is 23.9 Å². The second-order valence-electron chi connectivity index (χ2n) is 5.15. The zero-order chi connectivity index (χ0) is 15.7. The number of hydrogen-bond acceptors (Lipinski definition) is 3. The van der Waals surface area contributed by atoms with E-state index in [-0.39, 0.29) is 0 Å². The molecule has 3 rings (SSSR count). The van der Waals surface area contributed by atoms with Crippen LogP contribution in [0.5, 0.6) is 0 Å². The molecule has 0 saturated heterocycles. The first-order chi connectivity index (χ1) is 10.5. The Balaban J connectivity index is 2.02. The van der Waals surface area contributed by atoms with Crippen LogP contribution in [0.2, 0.25) is 0 Å². The average Bonchev–Trinajstić information content (AvgIpc) is 3.07. The molecule has 0 amide bonds. The van der Waals surface area contributed by atoms with Crippen molar-refractivity contribution >= 4 is 17.6 Å². The van der Waals surface area contributed by atoms with E-state index in [1.807, 2.05) is 6.26 Å². The van der Waals surface area contributed by atoms with Crippen LogP contribution in [0, 0.1) is 0 Å². The van der Waals surface area contributed by atoms with Gasteiger partial charge in [0.25, 0.3) is 0 Å². The van der Waals surface area contributed by atoms with Gasteiger partial charge >= 0.3 is 6.18 Å². The Morgan fingerprint density at radius 3 is 2.91 bits per heavy atom.